The van der Waals surface area contributed by atoms with Crippen molar-refractivity contribution in [1.82, 2.24) is 0 Å². The van der Waals surface area contributed by atoms with Crippen molar-refractivity contribution < 1.29 is 9.59 Å². The van der Waals surface area contributed by atoms with Gasteiger partial charge in [-0.05, 0) is 30.7 Å². The van der Waals surface area contributed by atoms with Gasteiger partial charge in [0.25, 0.3) is 0 Å². The van der Waals surface area contributed by atoms with E-state index in [9.17, 15) is 9.59 Å². The van der Waals surface area contributed by atoms with Crippen LogP contribution in [0.15, 0.2) is 29.2 Å². The lowest BCUT2D eigenvalue weighted by molar-refractivity contribution is -0.111. The summed E-state index contributed by atoms with van der Waals surface area (Å²) >= 11 is 1.20. The Morgan fingerprint density at radius 2 is 1.87 bits per heavy atom. The molecule has 0 unspecified atom stereocenters. The molecule has 0 fully saturated rings. The highest BCUT2D eigenvalue weighted by molar-refractivity contribution is 8.13. The van der Waals surface area contributed by atoms with Crippen LogP contribution >= 0.6 is 11.8 Å². The van der Waals surface area contributed by atoms with Crippen molar-refractivity contribution in [3.8, 4) is 0 Å². The van der Waals surface area contributed by atoms with Gasteiger partial charge in [-0.25, -0.2) is 0 Å². The average molecular weight is 223 g/mol. The maximum Gasteiger partial charge on any atom is 0.248 e. The molecule has 0 aliphatic heterocycles. The Labute approximate surface area is 93.0 Å². The minimum Gasteiger partial charge on any atom is -0.366 e. The van der Waals surface area contributed by atoms with E-state index < -0.39 is 5.91 Å². The molecule has 4 heteroatoms. The van der Waals surface area contributed by atoms with E-state index in [1.54, 1.807) is 24.3 Å². The minimum absolute atomic E-state index is 0.143. The van der Waals surface area contributed by atoms with E-state index in [1.807, 2.05) is 6.92 Å². The summed E-state index contributed by atoms with van der Waals surface area (Å²) in [4.78, 5) is 22.9. The molecule has 1 rings (SSSR count). The van der Waals surface area contributed by atoms with Crippen LogP contribution in [0.5, 0.6) is 0 Å². The smallest absolute Gasteiger partial charge is 0.248 e. The van der Waals surface area contributed by atoms with Gasteiger partial charge in [-0.3, -0.25) is 9.59 Å². The summed E-state index contributed by atoms with van der Waals surface area (Å²) < 4.78 is 0. The summed E-state index contributed by atoms with van der Waals surface area (Å²) in [6.45, 7) is 1.97. The van der Waals surface area contributed by atoms with E-state index in [1.165, 1.54) is 11.8 Å². The van der Waals surface area contributed by atoms with Crippen molar-refractivity contribution in [1.29, 1.82) is 0 Å². The maximum absolute atomic E-state index is 11.3. The Kier molecular flexibility index (Phi) is 4.37. The quantitative estimate of drug-likeness (QED) is 0.796. The Morgan fingerprint density at radius 3 is 2.33 bits per heavy atom. The number of rotatable bonds is 4. The molecule has 0 bridgehead atoms. The van der Waals surface area contributed by atoms with Gasteiger partial charge in [-0.1, -0.05) is 18.7 Å². The highest BCUT2D eigenvalue weighted by Crippen LogP contribution is 2.20. The number of thioether (sulfide) groups is 1. The number of nitrogens with two attached hydrogens (primary N) is 1. The molecule has 0 heterocycles. The van der Waals surface area contributed by atoms with Crippen LogP contribution in [0.2, 0.25) is 0 Å². The topological polar surface area (TPSA) is 60.2 Å². The first-order valence-corrected chi connectivity index (χ1v) is 5.55. The molecule has 0 aromatic heterocycles. The SMILES string of the molecule is CCCC(=O)Sc1ccc(C(N)=O)cc1. The molecule has 0 spiro atoms. The molecule has 0 radical (unpaired) electrons. The van der Waals surface area contributed by atoms with E-state index in [0.29, 0.717) is 12.0 Å². The molecule has 0 atom stereocenters. The average Bonchev–Trinajstić information content (AvgIpc) is 2.18. The van der Waals surface area contributed by atoms with Gasteiger partial charge in [0.05, 0.1) is 0 Å². The van der Waals surface area contributed by atoms with Crippen LogP contribution in [0.25, 0.3) is 0 Å². The van der Waals surface area contributed by atoms with Crippen molar-refractivity contribution in [3.05, 3.63) is 29.8 Å². The molecule has 1 aromatic rings. The number of carbonyl (C=O) groups is 2. The molecule has 80 valence electrons. The molecule has 0 saturated heterocycles. The van der Waals surface area contributed by atoms with Crippen molar-refractivity contribution in [2.45, 2.75) is 24.7 Å². The lowest BCUT2D eigenvalue weighted by Gasteiger charge is -2.00. The summed E-state index contributed by atoms with van der Waals surface area (Å²) in [5.41, 5.74) is 5.56. The zero-order chi connectivity index (χ0) is 11.3. The molecule has 2 N–H and O–H groups in total. The molecular formula is C11H13NO2S. The fourth-order valence-corrected chi connectivity index (χ4v) is 1.92. The highest BCUT2D eigenvalue weighted by Gasteiger charge is 2.04. The Balaban J connectivity index is 2.64. The Hall–Kier alpha value is -1.29. The number of amides is 1. The molecule has 1 aromatic carbocycles. The van der Waals surface area contributed by atoms with E-state index in [2.05, 4.69) is 0 Å². The van der Waals surface area contributed by atoms with Crippen molar-refractivity contribution in [2.75, 3.05) is 0 Å². The number of hydrogen-bond donors (Lipinski definition) is 1. The van der Waals surface area contributed by atoms with Crippen LogP contribution in [-0.4, -0.2) is 11.0 Å². The Bertz CT molecular complexity index is 359. The van der Waals surface area contributed by atoms with E-state index in [4.69, 9.17) is 5.73 Å². The third kappa shape index (κ3) is 3.75. The predicted octanol–water partition coefficient (Wildman–Crippen LogP) is 2.20. The number of hydrogen-bond acceptors (Lipinski definition) is 3. The van der Waals surface area contributed by atoms with E-state index in [-0.39, 0.29) is 5.12 Å². The second kappa shape index (κ2) is 5.56. The summed E-state index contributed by atoms with van der Waals surface area (Å²) in [6, 6.07) is 6.73. The fourth-order valence-electron chi connectivity index (χ4n) is 1.07. The van der Waals surface area contributed by atoms with Gasteiger partial charge in [0.2, 0.25) is 5.91 Å². The normalized spacial score (nSPS) is 9.93. The molecular weight excluding hydrogens is 210 g/mol. The summed E-state index contributed by atoms with van der Waals surface area (Å²) in [5.74, 6) is -0.452. The molecule has 0 aliphatic carbocycles. The van der Waals surface area contributed by atoms with Gasteiger partial charge >= 0.3 is 0 Å². The molecule has 3 nitrogen and oxygen atoms in total. The molecule has 0 saturated carbocycles. The lowest BCUT2D eigenvalue weighted by atomic mass is 10.2. The maximum atomic E-state index is 11.3. The molecule has 1 amide bonds. The first kappa shape index (κ1) is 11.8. The van der Waals surface area contributed by atoms with Crippen LogP contribution in [0.3, 0.4) is 0 Å². The minimum atomic E-state index is -0.452. The monoisotopic (exact) mass is 223 g/mol. The highest BCUT2D eigenvalue weighted by atomic mass is 32.2. The second-order valence-corrected chi connectivity index (χ2v) is 4.24. The number of carbonyl (C=O) groups excluding carboxylic acids is 2. The van der Waals surface area contributed by atoms with Gasteiger partial charge in [0.15, 0.2) is 5.12 Å². The standard InChI is InChI=1S/C11H13NO2S/c1-2-3-10(13)15-9-6-4-8(5-7-9)11(12)14/h4-7H,2-3H2,1H3,(H2,12,14). The molecule has 15 heavy (non-hydrogen) atoms. The fraction of sp³-hybridized carbons (Fsp3) is 0.273. The van der Waals surface area contributed by atoms with Crippen molar-refractivity contribution >= 4 is 22.8 Å². The number of benzene rings is 1. The van der Waals surface area contributed by atoms with Crippen LogP contribution in [0.4, 0.5) is 0 Å². The van der Waals surface area contributed by atoms with Gasteiger partial charge in [0.1, 0.15) is 0 Å². The second-order valence-electron chi connectivity index (χ2n) is 3.11. The number of primary amides is 1. The van der Waals surface area contributed by atoms with Gasteiger partial charge in [-0.15, -0.1) is 0 Å². The van der Waals surface area contributed by atoms with Gasteiger partial charge in [0, 0.05) is 16.9 Å². The van der Waals surface area contributed by atoms with E-state index >= 15 is 0 Å². The van der Waals surface area contributed by atoms with Gasteiger partial charge in [-0.2, -0.15) is 0 Å². The van der Waals surface area contributed by atoms with Crippen LogP contribution in [0.1, 0.15) is 30.1 Å². The van der Waals surface area contributed by atoms with Crippen LogP contribution in [-0.2, 0) is 4.79 Å². The summed E-state index contributed by atoms with van der Waals surface area (Å²) in [7, 11) is 0. The third-order valence-electron chi connectivity index (χ3n) is 1.82. The van der Waals surface area contributed by atoms with Crippen LogP contribution < -0.4 is 5.73 Å². The summed E-state index contributed by atoms with van der Waals surface area (Å²) in [6.07, 6.45) is 1.42. The largest absolute Gasteiger partial charge is 0.366 e. The predicted molar refractivity (Wildman–Crippen MR) is 60.7 cm³/mol. The van der Waals surface area contributed by atoms with Crippen molar-refractivity contribution in [2.24, 2.45) is 5.73 Å². The molecule has 0 aliphatic rings. The Morgan fingerprint density at radius 1 is 1.27 bits per heavy atom. The zero-order valence-electron chi connectivity index (χ0n) is 8.53. The summed E-state index contributed by atoms with van der Waals surface area (Å²) in [5, 5.41) is 0.143. The zero-order valence-corrected chi connectivity index (χ0v) is 9.34. The van der Waals surface area contributed by atoms with Crippen LogP contribution in [0, 0.1) is 0 Å². The first-order chi connectivity index (χ1) is 7.13. The van der Waals surface area contributed by atoms with E-state index in [0.717, 1.165) is 11.3 Å². The van der Waals surface area contributed by atoms with Crippen molar-refractivity contribution in [3.63, 3.8) is 0 Å². The first-order valence-electron chi connectivity index (χ1n) is 4.74. The third-order valence-corrected chi connectivity index (χ3v) is 2.76. The van der Waals surface area contributed by atoms with Gasteiger partial charge < -0.3 is 5.73 Å². The lowest BCUT2D eigenvalue weighted by Crippen LogP contribution is -2.10.